The minimum atomic E-state index is 0.406. The van der Waals surface area contributed by atoms with Gasteiger partial charge in [-0.1, -0.05) is 18.5 Å². The first kappa shape index (κ1) is 15.0. The van der Waals surface area contributed by atoms with Gasteiger partial charge in [-0.3, -0.25) is 0 Å². The standard InChI is InChI=1S/C15H20N2O4/c1-5-6-9-14(21-17-15(9)16)10-7-12(19-3)13(20-4)8-11(10)18-2/h7-8H,5-6H2,1-4H3,(H2,16,17). The van der Waals surface area contributed by atoms with Gasteiger partial charge in [0.15, 0.2) is 23.1 Å². The Labute approximate surface area is 123 Å². The summed E-state index contributed by atoms with van der Waals surface area (Å²) < 4.78 is 21.4. The molecule has 2 rings (SSSR count). The number of rotatable bonds is 6. The first-order valence-electron chi connectivity index (χ1n) is 6.70. The summed E-state index contributed by atoms with van der Waals surface area (Å²) in [6, 6.07) is 3.55. The molecule has 0 atom stereocenters. The Morgan fingerprint density at radius 1 is 1.05 bits per heavy atom. The SMILES string of the molecule is CCCc1c(N)noc1-c1cc(OC)c(OC)cc1OC. The van der Waals surface area contributed by atoms with E-state index in [4.69, 9.17) is 24.5 Å². The van der Waals surface area contributed by atoms with E-state index in [2.05, 4.69) is 12.1 Å². The van der Waals surface area contributed by atoms with Gasteiger partial charge in [-0.2, -0.15) is 0 Å². The van der Waals surface area contributed by atoms with Crippen molar-refractivity contribution < 1.29 is 18.7 Å². The maximum Gasteiger partial charge on any atom is 0.176 e. The molecule has 2 N–H and O–H groups in total. The summed E-state index contributed by atoms with van der Waals surface area (Å²) in [5, 5.41) is 3.86. The maximum atomic E-state index is 5.88. The summed E-state index contributed by atoms with van der Waals surface area (Å²) in [5.74, 6) is 2.80. The smallest absolute Gasteiger partial charge is 0.176 e. The number of anilines is 1. The third-order valence-electron chi connectivity index (χ3n) is 3.27. The summed E-state index contributed by atoms with van der Waals surface area (Å²) >= 11 is 0. The van der Waals surface area contributed by atoms with Crippen molar-refractivity contribution in [3.8, 4) is 28.6 Å². The second-order valence-electron chi connectivity index (χ2n) is 4.53. The number of hydrogen-bond donors (Lipinski definition) is 1. The van der Waals surface area contributed by atoms with E-state index in [-0.39, 0.29) is 0 Å². The van der Waals surface area contributed by atoms with E-state index in [0.717, 1.165) is 24.0 Å². The molecule has 0 amide bonds. The van der Waals surface area contributed by atoms with Crippen molar-refractivity contribution in [1.82, 2.24) is 5.16 Å². The van der Waals surface area contributed by atoms with E-state index >= 15 is 0 Å². The molecule has 114 valence electrons. The average molecular weight is 292 g/mol. The van der Waals surface area contributed by atoms with Crippen molar-refractivity contribution in [1.29, 1.82) is 0 Å². The monoisotopic (exact) mass is 292 g/mol. The molecule has 1 aromatic carbocycles. The van der Waals surface area contributed by atoms with Crippen molar-refractivity contribution in [2.24, 2.45) is 0 Å². The number of nitrogen functional groups attached to an aromatic ring is 1. The lowest BCUT2D eigenvalue weighted by atomic mass is 10.0. The highest BCUT2D eigenvalue weighted by Crippen LogP contribution is 2.42. The normalized spacial score (nSPS) is 10.5. The summed E-state index contributed by atoms with van der Waals surface area (Å²) in [6.45, 7) is 2.07. The topological polar surface area (TPSA) is 79.7 Å². The largest absolute Gasteiger partial charge is 0.496 e. The van der Waals surface area contributed by atoms with Crippen molar-refractivity contribution in [3.63, 3.8) is 0 Å². The van der Waals surface area contributed by atoms with Crippen LogP contribution in [0.2, 0.25) is 0 Å². The lowest BCUT2D eigenvalue weighted by Crippen LogP contribution is -1.97. The molecule has 1 aromatic heterocycles. The third kappa shape index (κ3) is 2.74. The van der Waals surface area contributed by atoms with Crippen LogP contribution in [0.4, 0.5) is 5.82 Å². The Morgan fingerprint density at radius 3 is 2.24 bits per heavy atom. The molecule has 6 nitrogen and oxygen atoms in total. The van der Waals surface area contributed by atoms with Gasteiger partial charge in [0.25, 0.3) is 0 Å². The summed E-state index contributed by atoms with van der Waals surface area (Å²) in [6.07, 6.45) is 1.72. The number of aromatic nitrogens is 1. The van der Waals surface area contributed by atoms with Crippen LogP contribution in [0.15, 0.2) is 16.7 Å². The fourth-order valence-corrected chi connectivity index (χ4v) is 2.23. The average Bonchev–Trinajstić information content (AvgIpc) is 2.87. The Morgan fingerprint density at radius 2 is 1.67 bits per heavy atom. The summed E-state index contributed by atoms with van der Waals surface area (Å²) in [7, 11) is 4.74. The predicted molar refractivity (Wildman–Crippen MR) is 80.0 cm³/mol. The highest BCUT2D eigenvalue weighted by atomic mass is 16.5. The van der Waals surface area contributed by atoms with Crippen LogP contribution in [-0.2, 0) is 6.42 Å². The van der Waals surface area contributed by atoms with Gasteiger partial charge in [0.05, 0.1) is 26.9 Å². The molecule has 6 heteroatoms. The molecule has 1 heterocycles. The van der Waals surface area contributed by atoms with Crippen molar-refractivity contribution in [3.05, 3.63) is 17.7 Å². The van der Waals surface area contributed by atoms with E-state index in [1.165, 1.54) is 0 Å². The molecule has 21 heavy (non-hydrogen) atoms. The number of benzene rings is 1. The fraction of sp³-hybridized carbons (Fsp3) is 0.400. The number of methoxy groups -OCH3 is 3. The van der Waals surface area contributed by atoms with E-state index in [1.807, 2.05) is 0 Å². The van der Waals surface area contributed by atoms with Crippen LogP contribution in [0.3, 0.4) is 0 Å². The summed E-state index contributed by atoms with van der Waals surface area (Å²) in [4.78, 5) is 0. The van der Waals surface area contributed by atoms with Crippen molar-refractivity contribution >= 4 is 5.82 Å². The molecule has 0 spiro atoms. The van der Waals surface area contributed by atoms with Crippen LogP contribution in [0.5, 0.6) is 17.2 Å². The van der Waals surface area contributed by atoms with Crippen LogP contribution in [0.25, 0.3) is 11.3 Å². The zero-order chi connectivity index (χ0) is 15.4. The molecule has 0 bridgehead atoms. The van der Waals surface area contributed by atoms with Gasteiger partial charge in [-0.25, -0.2) is 0 Å². The molecule has 0 saturated carbocycles. The zero-order valence-electron chi connectivity index (χ0n) is 12.7. The number of ether oxygens (including phenoxy) is 3. The van der Waals surface area contributed by atoms with Gasteiger partial charge in [0.2, 0.25) is 0 Å². The van der Waals surface area contributed by atoms with Crippen LogP contribution >= 0.6 is 0 Å². The molecule has 0 radical (unpaired) electrons. The Bertz CT molecular complexity index is 622. The molecule has 2 aromatic rings. The van der Waals surface area contributed by atoms with Crippen LogP contribution in [0, 0.1) is 0 Å². The van der Waals surface area contributed by atoms with E-state index < -0.39 is 0 Å². The minimum absolute atomic E-state index is 0.406. The molecule has 0 aliphatic carbocycles. The fourth-order valence-electron chi connectivity index (χ4n) is 2.23. The number of nitrogens with two attached hydrogens (primary N) is 1. The Kier molecular flexibility index (Phi) is 4.57. The van der Waals surface area contributed by atoms with Crippen molar-refractivity contribution in [2.75, 3.05) is 27.1 Å². The Hall–Kier alpha value is -2.37. The minimum Gasteiger partial charge on any atom is -0.496 e. The van der Waals surface area contributed by atoms with Gasteiger partial charge in [0, 0.05) is 11.6 Å². The maximum absolute atomic E-state index is 5.88. The molecule has 0 fully saturated rings. The molecule has 0 aliphatic rings. The Balaban J connectivity index is 2.62. The number of nitrogens with zero attached hydrogens (tertiary/aromatic N) is 1. The van der Waals surface area contributed by atoms with E-state index in [0.29, 0.717) is 28.8 Å². The molecular weight excluding hydrogens is 272 g/mol. The molecular formula is C15H20N2O4. The highest BCUT2D eigenvalue weighted by Gasteiger charge is 2.21. The van der Waals surface area contributed by atoms with Crippen molar-refractivity contribution in [2.45, 2.75) is 19.8 Å². The van der Waals surface area contributed by atoms with E-state index in [9.17, 15) is 0 Å². The first-order chi connectivity index (χ1) is 10.2. The third-order valence-corrected chi connectivity index (χ3v) is 3.27. The molecule has 0 aliphatic heterocycles. The first-order valence-corrected chi connectivity index (χ1v) is 6.70. The van der Waals surface area contributed by atoms with Gasteiger partial charge >= 0.3 is 0 Å². The predicted octanol–water partition coefficient (Wildman–Crippen LogP) is 2.90. The van der Waals surface area contributed by atoms with Crippen LogP contribution < -0.4 is 19.9 Å². The van der Waals surface area contributed by atoms with Crippen LogP contribution in [0.1, 0.15) is 18.9 Å². The van der Waals surface area contributed by atoms with Gasteiger partial charge in [-0.15, -0.1) is 0 Å². The molecule has 0 saturated heterocycles. The highest BCUT2D eigenvalue weighted by molar-refractivity contribution is 5.75. The second kappa shape index (κ2) is 6.39. The van der Waals surface area contributed by atoms with E-state index in [1.54, 1.807) is 33.5 Å². The lowest BCUT2D eigenvalue weighted by molar-refractivity contribution is 0.348. The number of hydrogen-bond acceptors (Lipinski definition) is 6. The summed E-state index contributed by atoms with van der Waals surface area (Å²) in [5.41, 5.74) is 7.50. The van der Waals surface area contributed by atoms with Gasteiger partial charge < -0.3 is 24.5 Å². The quantitative estimate of drug-likeness (QED) is 0.881. The van der Waals surface area contributed by atoms with Crippen LogP contribution in [-0.4, -0.2) is 26.5 Å². The van der Waals surface area contributed by atoms with Gasteiger partial charge in [-0.05, 0) is 12.5 Å². The second-order valence-corrected chi connectivity index (χ2v) is 4.53. The lowest BCUT2D eigenvalue weighted by Gasteiger charge is -2.13. The molecule has 0 unspecified atom stereocenters. The van der Waals surface area contributed by atoms with Gasteiger partial charge in [0.1, 0.15) is 5.75 Å². The zero-order valence-corrected chi connectivity index (χ0v) is 12.7.